The van der Waals surface area contributed by atoms with E-state index in [1.165, 1.54) is 4.90 Å². The number of hydrogen-bond acceptors (Lipinski definition) is 6. The molecule has 2 aromatic carbocycles. The summed E-state index contributed by atoms with van der Waals surface area (Å²) in [6.45, 7) is 9.42. The van der Waals surface area contributed by atoms with Crippen LogP contribution in [0, 0.1) is 0 Å². The molecule has 0 bridgehead atoms. The maximum absolute atomic E-state index is 13.7. The molecule has 10 heteroatoms. The molecule has 0 saturated heterocycles. The standard InChI is InChI=1S/C27H39N3O6S/c1-8-24(26(32)28-27(3,4)5)29(18-20-10-14-22(35-6)15-11-20)25(31)19-30(37(7,33)34)21-12-16-23(17-13-21)36-9-2/h10-17,24H,8-9,18-19H2,1-7H3,(H,28,32). The summed E-state index contributed by atoms with van der Waals surface area (Å²) in [6, 6.07) is 12.9. The number of carbonyl (C=O) groups is 2. The van der Waals surface area contributed by atoms with Crippen LogP contribution in [-0.4, -0.2) is 63.2 Å². The Morgan fingerprint density at radius 2 is 1.54 bits per heavy atom. The fourth-order valence-corrected chi connectivity index (χ4v) is 4.64. The van der Waals surface area contributed by atoms with Gasteiger partial charge in [0.25, 0.3) is 0 Å². The molecule has 2 rings (SSSR count). The van der Waals surface area contributed by atoms with Gasteiger partial charge in [-0.3, -0.25) is 13.9 Å². The number of ether oxygens (including phenoxy) is 2. The summed E-state index contributed by atoms with van der Waals surface area (Å²) in [5, 5.41) is 2.94. The summed E-state index contributed by atoms with van der Waals surface area (Å²) >= 11 is 0. The smallest absolute Gasteiger partial charge is 0.244 e. The van der Waals surface area contributed by atoms with Crippen LogP contribution in [0.4, 0.5) is 5.69 Å². The molecule has 0 heterocycles. The molecule has 1 N–H and O–H groups in total. The van der Waals surface area contributed by atoms with Gasteiger partial charge in [-0.15, -0.1) is 0 Å². The van der Waals surface area contributed by atoms with Crippen LogP contribution in [0.3, 0.4) is 0 Å². The Morgan fingerprint density at radius 3 is 2.00 bits per heavy atom. The van der Waals surface area contributed by atoms with Gasteiger partial charge >= 0.3 is 0 Å². The van der Waals surface area contributed by atoms with Crippen molar-refractivity contribution < 1.29 is 27.5 Å². The molecule has 37 heavy (non-hydrogen) atoms. The van der Waals surface area contributed by atoms with E-state index in [9.17, 15) is 18.0 Å². The van der Waals surface area contributed by atoms with E-state index in [4.69, 9.17) is 9.47 Å². The van der Waals surface area contributed by atoms with Crippen molar-refractivity contribution >= 4 is 27.5 Å². The third-order valence-electron chi connectivity index (χ3n) is 5.51. The fourth-order valence-electron chi connectivity index (χ4n) is 3.79. The van der Waals surface area contributed by atoms with Crippen molar-refractivity contribution in [1.82, 2.24) is 10.2 Å². The van der Waals surface area contributed by atoms with E-state index in [0.717, 1.165) is 16.1 Å². The number of methoxy groups -OCH3 is 1. The van der Waals surface area contributed by atoms with E-state index in [0.29, 0.717) is 30.2 Å². The third kappa shape index (κ3) is 8.96. The van der Waals surface area contributed by atoms with Crippen molar-refractivity contribution in [2.75, 3.05) is 30.8 Å². The number of amides is 2. The van der Waals surface area contributed by atoms with Gasteiger partial charge in [0.05, 0.1) is 25.7 Å². The van der Waals surface area contributed by atoms with Crippen molar-refractivity contribution in [3.8, 4) is 11.5 Å². The summed E-state index contributed by atoms with van der Waals surface area (Å²) in [4.78, 5) is 28.4. The van der Waals surface area contributed by atoms with Crippen LogP contribution >= 0.6 is 0 Å². The second kappa shape index (κ2) is 12.8. The first kappa shape index (κ1) is 30.0. The lowest BCUT2D eigenvalue weighted by atomic mass is 10.1. The van der Waals surface area contributed by atoms with Crippen LogP contribution in [0.1, 0.15) is 46.6 Å². The molecule has 1 atom stereocenters. The lowest BCUT2D eigenvalue weighted by Crippen LogP contribution is -2.55. The van der Waals surface area contributed by atoms with Crippen LogP contribution in [-0.2, 0) is 26.2 Å². The Bertz CT molecular complexity index is 1140. The molecular weight excluding hydrogens is 494 g/mol. The molecule has 0 aliphatic heterocycles. The normalized spacial score (nSPS) is 12.4. The summed E-state index contributed by atoms with van der Waals surface area (Å²) in [5.74, 6) is 0.463. The van der Waals surface area contributed by atoms with Gasteiger partial charge in [-0.25, -0.2) is 8.42 Å². The third-order valence-corrected chi connectivity index (χ3v) is 6.65. The number of benzene rings is 2. The predicted octanol–water partition coefficient (Wildman–Crippen LogP) is 3.58. The summed E-state index contributed by atoms with van der Waals surface area (Å²) in [6.07, 6.45) is 1.40. The number of sulfonamides is 1. The monoisotopic (exact) mass is 533 g/mol. The number of rotatable bonds is 12. The first-order valence-corrected chi connectivity index (χ1v) is 14.1. The predicted molar refractivity (Wildman–Crippen MR) is 145 cm³/mol. The highest BCUT2D eigenvalue weighted by atomic mass is 32.2. The van der Waals surface area contributed by atoms with E-state index < -0.39 is 34.1 Å². The van der Waals surface area contributed by atoms with E-state index in [1.54, 1.807) is 43.5 Å². The average molecular weight is 534 g/mol. The van der Waals surface area contributed by atoms with E-state index in [1.807, 2.05) is 46.8 Å². The number of nitrogens with zero attached hydrogens (tertiary/aromatic N) is 2. The van der Waals surface area contributed by atoms with Gasteiger partial charge in [0.15, 0.2) is 0 Å². The van der Waals surface area contributed by atoms with Crippen LogP contribution in [0.2, 0.25) is 0 Å². The first-order valence-electron chi connectivity index (χ1n) is 12.2. The van der Waals surface area contributed by atoms with Crippen molar-refractivity contribution in [3.05, 3.63) is 54.1 Å². The molecule has 0 spiro atoms. The number of hydrogen-bond donors (Lipinski definition) is 1. The Morgan fingerprint density at radius 1 is 0.973 bits per heavy atom. The Kier molecular flexibility index (Phi) is 10.4. The molecule has 9 nitrogen and oxygen atoms in total. The Balaban J connectivity index is 2.43. The second-order valence-electron chi connectivity index (χ2n) is 9.73. The molecule has 0 aliphatic carbocycles. The molecule has 2 amide bonds. The molecule has 0 aliphatic rings. The van der Waals surface area contributed by atoms with Gasteiger partial charge in [-0.2, -0.15) is 0 Å². The molecule has 2 aromatic rings. The lowest BCUT2D eigenvalue weighted by molar-refractivity contribution is -0.141. The highest BCUT2D eigenvalue weighted by Crippen LogP contribution is 2.23. The Hall–Kier alpha value is -3.27. The van der Waals surface area contributed by atoms with E-state index in [2.05, 4.69) is 5.32 Å². The van der Waals surface area contributed by atoms with Gasteiger partial charge in [0.1, 0.15) is 24.1 Å². The molecule has 0 saturated carbocycles. The minimum atomic E-state index is -3.81. The highest BCUT2D eigenvalue weighted by molar-refractivity contribution is 7.92. The molecule has 204 valence electrons. The summed E-state index contributed by atoms with van der Waals surface area (Å²) < 4.78 is 37.1. The zero-order valence-electron chi connectivity index (χ0n) is 22.8. The molecular formula is C27H39N3O6S. The van der Waals surface area contributed by atoms with Crippen LogP contribution in [0.5, 0.6) is 11.5 Å². The number of anilines is 1. The SMILES string of the molecule is CCOc1ccc(N(CC(=O)N(Cc2ccc(OC)cc2)C(CC)C(=O)NC(C)(C)C)S(C)(=O)=O)cc1. The van der Waals surface area contributed by atoms with Crippen molar-refractivity contribution in [3.63, 3.8) is 0 Å². The van der Waals surface area contributed by atoms with E-state index in [-0.39, 0.29) is 12.5 Å². The Labute approximate surface area is 220 Å². The van der Waals surface area contributed by atoms with Crippen LogP contribution in [0.25, 0.3) is 0 Å². The van der Waals surface area contributed by atoms with Crippen LogP contribution < -0.4 is 19.1 Å². The van der Waals surface area contributed by atoms with Gasteiger partial charge in [0, 0.05) is 12.1 Å². The van der Waals surface area contributed by atoms with Gasteiger partial charge in [0.2, 0.25) is 21.8 Å². The summed E-state index contributed by atoms with van der Waals surface area (Å²) in [5.41, 5.74) is 0.611. The van der Waals surface area contributed by atoms with Gasteiger partial charge in [-0.1, -0.05) is 19.1 Å². The average Bonchev–Trinajstić information content (AvgIpc) is 2.81. The molecule has 1 unspecified atom stereocenters. The van der Waals surface area contributed by atoms with Crippen molar-refractivity contribution in [2.24, 2.45) is 0 Å². The fraction of sp³-hybridized carbons (Fsp3) is 0.481. The maximum atomic E-state index is 13.7. The molecule has 0 fully saturated rings. The quantitative estimate of drug-likeness (QED) is 0.447. The maximum Gasteiger partial charge on any atom is 0.244 e. The van der Waals surface area contributed by atoms with Gasteiger partial charge in [-0.05, 0) is 76.1 Å². The minimum Gasteiger partial charge on any atom is -0.497 e. The second-order valence-corrected chi connectivity index (χ2v) is 11.6. The largest absolute Gasteiger partial charge is 0.497 e. The first-order chi connectivity index (χ1) is 17.3. The highest BCUT2D eigenvalue weighted by Gasteiger charge is 2.33. The van der Waals surface area contributed by atoms with Crippen LogP contribution in [0.15, 0.2) is 48.5 Å². The number of nitrogens with one attached hydrogen (secondary N) is 1. The molecule has 0 aromatic heterocycles. The topological polar surface area (TPSA) is 105 Å². The van der Waals surface area contributed by atoms with Crippen molar-refractivity contribution in [1.29, 1.82) is 0 Å². The number of carbonyl (C=O) groups excluding carboxylic acids is 2. The van der Waals surface area contributed by atoms with E-state index >= 15 is 0 Å². The minimum absolute atomic E-state index is 0.125. The van der Waals surface area contributed by atoms with Gasteiger partial charge < -0.3 is 19.7 Å². The lowest BCUT2D eigenvalue weighted by Gasteiger charge is -2.34. The zero-order chi connectivity index (χ0) is 27.8. The zero-order valence-corrected chi connectivity index (χ0v) is 23.6. The van der Waals surface area contributed by atoms with Crippen molar-refractivity contribution in [2.45, 2.75) is 59.2 Å². The summed E-state index contributed by atoms with van der Waals surface area (Å²) in [7, 11) is -2.24. The molecule has 0 radical (unpaired) electrons.